The molecule has 0 bridgehead atoms. The molecule has 7 heteroatoms. The van der Waals surface area contributed by atoms with Crippen LogP contribution in [0.15, 0.2) is 18.2 Å². The predicted octanol–water partition coefficient (Wildman–Crippen LogP) is 0.678. The van der Waals surface area contributed by atoms with Gasteiger partial charge in [0.2, 0.25) is 11.8 Å². The summed E-state index contributed by atoms with van der Waals surface area (Å²) in [5, 5.41) is 9.39. The van der Waals surface area contributed by atoms with Crippen molar-refractivity contribution >= 4 is 17.7 Å². The number of fused-ring (bicyclic) bond motifs is 1. The summed E-state index contributed by atoms with van der Waals surface area (Å²) >= 11 is 0. The highest BCUT2D eigenvalue weighted by atomic mass is 16.2. The van der Waals surface area contributed by atoms with Crippen molar-refractivity contribution < 1.29 is 14.4 Å². The van der Waals surface area contributed by atoms with Gasteiger partial charge >= 0.3 is 0 Å². The normalized spacial score (nSPS) is 26.3. The first-order valence-corrected chi connectivity index (χ1v) is 9.77. The van der Waals surface area contributed by atoms with Crippen molar-refractivity contribution in [3.8, 4) is 0 Å². The van der Waals surface area contributed by atoms with Gasteiger partial charge in [-0.1, -0.05) is 18.2 Å². The average molecular weight is 370 g/mol. The molecule has 3 aliphatic heterocycles. The Balaban J connectivity index is 1.48. The first-order chi connectivity index (χ1) is 13.0. The molecule has 144 valence electrons. The zero-order valence-electron chi connectivity index (χ0n) is 15.6. The molecule has 0 radical (unpaired) electrons. The monoisotopic (exact) mass is 370 g/mol. The molecule has 0 aromatic heterocycles. The van der Waals surface area contributed by atoms with E-state index in [1.165, 1.54) is 12.8 Å². The second-order valence-corrected chi connectivity index (χ2v) is 7.72. The molecule has 0 aliphatic carbocycles. The average Bonchev–Trinajstić information content (AvgIpc) is 3.29. The van der Waals surface area contributed by atoms with E-state index in [4.69, 9.17) is 0 Å². The second kappa shape index (κ2) is 7.40. The van der Waals surface area contributed by atoms with Crippen LogP contribution in [-0.4, -0.2) is 47.3 Å². The molecule has 3 amide bonds. The third-order valence-corrected chi connectivity index (χ3v) is 5.96. The molecule has 3 atom stereocenters. The molecule has 1 aromatic rings. The quantitative estimate of drug-likeness (QED) is 0.663. The van der Waals surface area contributed by atoms with Crippen LogP contribution in [-0.2, 0) is 22.7 Å². The fourth-order valence-electron chi connectivity index (χ4n) is 4.39. The van der Waals surface area contributed by atoms with E-state index in [9.17, 15) is 14.4 Å². The summed E-state index contributed by atoms with van der Waals surface area (Å²) in [6.45, 7) is 4.28. The molecule has 4 rings (SSSR count). The molecule has 1 aromatic carbocycles. The lowest BCUT2D eigenvalue weighted by Crippen LogP contribution is -2.52. The zero-order chi connectivity index (χ0) is 19.0. The van der Waals surface area contributed by atoms with Crippen molar-refractivity contribution in [1.82, 2.24) is 20.9 Å². The number of rotatable bonds is 5. The number of hydrogen-bond donors (Lipinski definition) is 3. The van der Waals surface area contributed by atoms with Gasteiger partial charge in [-0.25, -0.2) is 0 Å². The van der Waals surface area contributed by atoms with E-state index in [1.807, 2.05) is 18.2 Å². The number of hydrogen-bond acceptors (Lipinski definition) is 5. The van der Waals surface area contributed by atoms with E-state index in [-0.39, 0.29) is 24.1 Å². The summed E-state index contributed by atoms with van der Waals surface area (Å²) in [4.78, 5) is 38.3. The summed E-state index contributed by atoms with van der Waals surface area (Å²) in [7, 11) is 0. The molecular formula is C20H26N4O3. The smallest absolute Gasteiger partial charge is 0.255 e. The molecule has 27 heavy (non-hydrogen) atoms. The Morgan fingerprint density at radius 1 is 1.26 bits per heavy atom. The van der Waals surface area contributed by atoms with Crippen molar-refractivity contribution in [2.75, 3.05) is 6.54 Å². The SMILES string of the molecule is CC(NCc1cccc2c1C(=O)N(C1CCC(=O)NC1=O)C2)[C@H]1CCCN1. The lowest BCUT2D eigenvalue weighted by molar-refractivity contribution is -0.136. The highest BCUT2D eigenvalue weighted by Gasteiger charge is 2.39. The molecule has 3 aliphatic rings. The predicted molar refractivity (Wildman–Crippen MR) is 99.8 cm³/mol. The lowest BCUT2D eigenvalue weighted by atomic mass is 10.0. The van der Waals surface area contributed by atoms with Crippen LogP contribution < -0.4 is 16.0 Å². The number of piperidine rings is 1. The lowest BCUT2D eigenvalue weighted by Gasteiger charge is -2.29. The van der Waals surface area contributed by atoms with Crippen LogP contribution in [0.5, 0.6) is 0 Å². The number of carbonyl (C=O) groups is 3. The van der Waals surface area contributed by atoms with Gasteiger partial charge < -0.3 is 15.5 Å². The van der Waals surface area contributed by atoms with E-state index in [0.29, 0.717) is 37.2 Å². The van der Waals surface area contributed by atoms with Crippen LogP contribution in [0.4, 0.5) is 0 Å². The fourth-order valence-corrected chi connectivity index (χ4v) is 4.39. The number of amides is 3. The van der Waals surface area contributed by atoms with Crippen molar-refractivity contribution in [2.45, 2.75) is 63.8 Å². The van der Waals surface area contributed by atoms with Crippen LogP contribution in [0.25, 0.3) is 0 Å². The molecule has 0 saturated carbocycles. The van der Waals surface area contributed by atoms with Crippen LogP contribution in [0.1, 0.15) is 54.1 Å². The minimum Gasteiger partial charge on any atom is -0.322 e. The number of imide groups is 1. The van der Waals surface area contributed by atoms with Gasteiger partial charge in [-0.15, -0.1) is 0 Å². The van der Waals surface area contributed by atoms with Crippen LogP contribution in [0, 0.1) is 0 Å². The van der Waals surface area contributed by atoms with Crippen LogP contribution in [0.2, 0.25) is 0 Å². The topological polar surface area (TPSA) is 90.5 Å². The molecule has 3 N–H and O–H groups in total. The number of nitrogens with one attached hydrogen (secondary N) is 3. The summed E-state index contributed by atoms with van der Waals surface area (Å²) in [5.41, 5.74) is 2.63. The van der Waals surface area contributed by atoms with E-state index >= 15 is 0 Å². The van der Waals surface area contributed by atoms with Gasteiger partial charge in [0.05, 0.1) is 0 Å². The molecule has 7 nitrogen and oxygen atoms in total. The summed E-state index contributed by atoms with van der Waals surface area (Å²) < 4.78 is 0. The summed E-state index contributed by atoms with van der Waals surface area (Å²) in [6.07, 6.45) is 3.04. The standard InChI is InChI=1S/C20H26N4O3/c1-12(15-6-3-9-21-15)22-10-13-4-2-5-14-11-24(20(27)18(13)14)16-7-8-17(25)23-19(16)26/h2,4-5,12,15-16,21-22H,3,6-11H2,1H3,(H,23,25,26)/t12?,15-,16?/m1/s1. The van der Waals surface area contributed by atoms with Gasteiger partial charge in [0.1, 0.15) is 6.04 Å². The molecule has 3 heterocycles. The van der Waals surface area contributed by atoms with Gasteiger partial charge in [0.15, 0.2) is 0 Å². The highest BCUT2D eigenvalue weighted by Crippen LogP contribution is 2.30. The zero-order valence-corrected chi connectivity index (χ0v) is 15.6. The van der Waals surface area contributed by atoms with Crippen molar-refractivity contribution in [2.24, 2.45) is 0 Å². The fraction of sp³-hybridized carbons (Fsp3) is 0.550. The Hall–Kier alpha value is -2.25. The molecule has 2 saturated heterocycles. The van der Waals surface area contributed by atoms with E-state index in [0.717, 1.165) is 17.7 Å². The third-order valence-electron chi connectivity index (χ3n) is 5.96. The van der Waals surface area contributed by atoms with Crippen molar-refractivity contribution in [3.63, 3.8) is 0 Å². The van der Waals surface area contributed by atoms with E-state index < -0.39 is 6.04 Å². The number of benzene rings is 1. The minimum atomic E-state index is -0.565. The maximum Gasteiger partial charge on any atom is 0.255 e. The Morgan fingerprint density at radius 2 is 2.11 bits per heavy atom. The summed E-state index contributed by atoms with van der Waals surface area (Å²) in [5.74, 6) is -0.739. The number of carbonyl (C=O) groups excluding carboxylic acids is 3. The van der Waals surface area contributed by atoms with Gasteiger partial charge in [-0.3, -0.25) is 19.7 Å². The van der Waals surface area contributed by atoms with Crippen molar-refractivity contribution in [1.29, 1.82) is 0 Å². The van der Waals surface area contributed by atoms with Gasteiger partial charge in [0, 0.05) is 37.2 Å². The first kappa shape index (κ1) is 18.1. The van der Waals surface area contributed by atoms with E-state index in [1.54, 1.807) is 4.90 Å². The largest absolute Gasteiger partial charge is 0.322 e. The van der Waals surface area contributed by atoms with Crippen LogP contribution >= 0.6 is 0 Å². The van der Waals surface area contributed by atoms with Crippen LogP contribution in [0.3, 0.4) is 0 Å². The Labute approximate surface area is 158 Å². The van der Waals surface area contributed by atoms with Gasteiger partial charge in [-0.2, -0.15) is 0 Å². The third kappa shape index (κ3) is 3.49. The maximum absolute atomic E-state index is 13.1. The summed E-state index contributed by atoms with van der Waals surface area (Å²) in [6, 6.07) is 6.13. The second-order valence-electron chi connectivity index (χ2n) is 7.72. The number of nitrogens with zero attached hydrogens (tertiary/aromatic N) is 1. The molecule has 2 unspecified atom stereocenters. The van der Waals surface area contributed by atoms with Crippen molar-refractivity contribution in [3.05, 3.63) is 34.9 Å². The molecular weight excluding hydrogens is 344 g/mol. The Kier molecular flexibility index (Phi) is 4.97. The Bertz CT molecular complexity index is 772. The van der Waals surface area contributed by atoms with Gasteiger partial charge in [0.25, 0.3) is 5.91 Å². The highest BCUT2D eigenvalue weighted by molar-refractivity contribution is 6.05. The molecule has 2 fully saturated rings. The first-order valence-electron chi connectivity index (χ1n) is 9.77. The van der Waals surface area contributed by atoms with Gasteiger partial charge in [-0.05, 0) is 43.9 Å². The van der Waals surface area contributed by atoms with E-state index in [2.05, 4.69) is 22.9 Å². The molecule has 0 spiro atoms. The minimum absolute atomic E-state index is 0.108. The Morgan fingerprint density at radius 3 is 2.85 bits per heavy atom. The maximum atomic E-state index is 13.1.